The smallest absolute Gasteiger partial charge is 0.241 e. The molecule has 3 N–H and O–H groups in total. The predicted molar refractivity (Wildman–Crippen MR) is 71.9 cm³/mol. The van der Waals surface area contributed by atoms with Crippen molar-refractivity contribution in [2.24, 2.45) is 0 Å². The topological polar surface area (TPSA) is 58.4 Å². The van der Waals surface area contributed by atoms with E-state index < -0.39 is 0 Å². The monoisotopic (exact) mass is 235 g/mol. The van der Waals surface area contributed by atoms with Gasteiger partial charge in [0, 0.05) is 11.4 Å². The Kier molecular flexibility index (Phi) is 4.97. The molecule has 0 aliphatic carbocycles. The number of likely N-dealkylation sites (N-methyl/N-ethyl adjacent to an activating group) is 1. The van der Waals surface area contributed by atoms with Crippen molar-refractivity contribution in [1.29, 1.82) is 0 Å². The summed E-state index contributed by atoms with van der Waals surface area (Å²) < 4.78 is 0. The van der Waals surface area contributed by atoms with E-state index in [-0.39, 0.29) is 11.9 Å². The van der Waals surface area contributed by atoms with E-state index in [2.05, 4.69) is 10.2 Å². The van der Waals surface area contributed by atoms with Crippen LogP contribution in [0.1, 0.15) is 20.8 Å². The summed E-state index contributed by atoms with van der Waals surface area (Å²) in [5, 5.41) is 2.87. The highest BCUT2D eigenvalue weighted by molar-refractivity contribution is 5.94. The van der Waals surface area contributed by atoms with Gasteiger partial charge in [-0.3, -0.25) is 9.69 Å². The maximum atomic E-state index is 12.0. The molecular formula is C13H21N3O. The van der Waals surface area contributed by atoms with E-state index in [9.17, 15) is 4.79 Å². The van der Waals surface area contributed by atoms with Crippen LogP contribution in [0.4, 0.5) is 11.4 Å². The highest BCUT2D eigenvalue weighted by atomic mass is 16.2. The Hall–Kier alpha value is -1.55. The number of hydrogen-bond acceptors (Lipinski definition) is 3. The summed E-state index contributed by atoms with van der Waals surface area (Å²) in [5.74, 6) is -0.000648. The second-order valence-electron chi connectivity index (χ2n) is 4.01. The summed E-state index contributed by atoms with van der Waals surface area (Å²) in [6.07, 6.45) is 0. The van der Waals surface area contributed by atoms with Crippen molar-refractivity contribution < 1.29 is 4.79 Å². The first-order valence-electron chi connectivity index (χ1n) is 5.99. The third-order valence-corrected chi connectivity index (χ3v) is 2.89. The van der Waals surface area contributed by atoms with Gasteiger partial charge in [-0.05, 0) is 38.2 Å². The zero-order chi connectivity index (χ0) is 12.8. The molecule has 1 unspecified atom stereocenters. The van der Waals surface area contributed by atoms with Gasteiger partial charge in [0.1, 0.15) is 0 Å². The molecule has 17 heavy (non-hydrogen) atoms. The molecule has 0 bridgehead atoms. The predicted octanol–water partition coefficient (Wildman–Crippen LogP) is 1.94. The molecule has 4 heteroatoms. The molecule has 0 spiro atoms. The van der Waals surface area contributed by atoms with Gasteiger partial charge in [-0.2, -0.15) is 0 Å². The molecule has 1 rings (SSSR count). The molecule has 1 aromatic carbocycles. The molecule has 0 radical (unpaired) electrons. The van der Waals surface area contributed by atoms with Crippen LogP contribution in [0, 0.1) is 0 Å². The molecule has 0 aliphatic rings. The minimum absolute atomic E-state index is 0.000648. The molecule has 0 saturated carbocycles. The van der Waals surface area contributed by atoms with Gasteiger partial charge in [0.2, 0.25) is 5.91 Å². The van der Waals surface area contributed by atoms with Crippen LogP contribution in [0.5, 0.6) is 0 Å². The summed E-state index contributed by atoms with van der Waals surface area (Å²) in [4.78, 5) is 14.1. The average Bonchev–Trinajstić information content (AvgIpc) is 2.30. The lowest BCUT2D eigenvalue weighted by Gasteiger charge is -2.25. The van der Waals surface area contributed by atoms with E-state index in [4.69, 9.17) is 5.73 Å². The molecular weight excluding hydrogens is 214 g/mol. The lowest BCUT2D eigenvalue weighted by molar-refractivity contribution is -0.120. The van der Waals surface area contributed by atoms with Gasteiger partial charge in [-0.1, -0.05) is 19.9 Å². The fraction of sp³-hybridized carbons (Fsp3) is 0.462. The number of benzene rings is 1. The minimum Gasteiger partial charge on any atom is -0.399 e. The second-order valence-corrected chi connectivity index (χ2v) is 4.01. The molecule has 0 saturated heterocycles. The molecule has 1 atom stereocenters. The molecule has 0 heterocycles. The molecule has 94 valence electrons. The van der Waals surface area contributed by atoms with Gasteiger partial charge in [0.05, 0.1) is 6.04 Å². The Morgan fingerprint density at radius 2 is 2.06 bits per heavy atom. The van der Waals surface area contributed by atoms with E-state index in [1.165, 1.54) is 0 Å². The van der Waals surface area contributed by atoms with Crippen LogP contribution in [-0.2, 0) is 4.79 Å². The molecule has 1 aromatic rings. The maximum absolute atomic E-state index is 12.0. The number of hydrogen-bond donors (Lipinski definition) is 2. The van der Waals surface area contributed by atoms with Crippen LogP contribution in [0.2, 0.25) is 0 Å². The van der Waals surface area contributed by atoms with E-state index >= 15 is 0 Å². The Labute approximate surface area is 103 Å². The Balaban J connectivity index is 2.65. The number of carbonyl (C=O) groups is 1. The summed E-state index contributed by atoms with van der Waals surface area (Å²) in [7, 11) is 0. The highest BCUT2D eigenvalue weighted by Crippen LogP contribution is 2.12. The quantitative estimate of drug-likeness (QED) is 0.767. The van der Waals surface area contributed by atoms with Crippen molar-refractivity contribution >= 4 is 17.3 Å². The first-order chi connectivity index (χ1) is 8.08. The highest BCUT2D eigenvalue weighted by Gasteiger charge is 2.18. The summed E-state index contributed by atoms with van der Waals surface area (Å²) in [6, 6.07) is 7.08. The fourth-order valence-electron chi connectivity index (χ4n) is 1.80. The van der Waals surface area contributed by atoms with Crippen molar-refractivity contribution in [2.75, 3.05) is 24.1 Å². The number of nitrogens with one attached hydrogen (secondary N) is 1. The van der Waals surface area contributed by atoms with E-state index in [0.717, 1.165) is 18.8 Å². The number of nitrogens with two attached hydrogens (primary N) is 1. The van der Waals surface area contributed by atoms with Gasteiger partial charge >= 0.3 is 0 Å². The SMILES string of the molecule is CCN(CC)C(C)C(=O)Nc1cccc(N)c1. The minimum atomic E-state index is -0.133. The first-order valence-corrected chi connectivity index (χ1v) is 5.99. The largest absolute Gasteiger partial charge is 0.399 e. The average molecular weight is 235 g/mol. The van der Waals surface area contributed by atoms with Crippen molar-refractivity contribution in [1.82, 2.24) is 4.90 Å². The van der Waals surface area contributed by atoms with Gasteiger partial charge in [-0.15, -0.1) is 0 Å². The Bertz CT molecular complexity index is 375. The number of nitrogens with zero attached hydrogens (tertiary/aromatic N) is 1. The van der Waals surface area contributed by atoms with Gasteiger partial charge in [-0.25, -0.2) is 0 Å². The first kappa shape index (κ1) is 13.5. The van der Waals surface area contributed by atoms with Crippen molar-refractivity contribution in [2.45, 2.75) is 26.8 Å². The summed E-state index contributed by atoms with van der Waals surface area (Å²) in [6.45, 7) is 7.74. The standard InChI is InChI=1S/C13H21N3O/c1-4-16(5-2)10(3)13(17)15-12-8-6-7-11(14)9-12/h6-10H,4-5,14H2,1-3H3,(H,15,17). The molecule has 4 nitrogen and oxygen atoms in total. The van der Waals surface area contributed by atoms with Crippen molar-refractivity contribution in [3.63, 3.8) is 0 Å². The maximum Gasteiger partial charge on any atom is 0.241 e. The number of carbonyl (C=O) groups excluding carboxylic acids is 1. The normalized spacial score (nSPS) is 12.5. The van der Waals surface area contributed by atoms with Crippen LogP contribution >= 0.6 is 0 Å². The van der Waals surface area contributed by atoms with Gasteiger partial charge in [0.15, 0.2) is 0 Å². The number of anilines is 2. The lowest BCUT2D eigenvalue weighted by Crippen LogP contribution is -2.41. The van der Waals surface area contributed by atoms with Crippen LogP contribution in [0.25, 0.3) is 0 Å². The zero-order valence-electron chi connectivity index (χ0n) is 10.7. The Morgan fingerprint density at radius 3 is 2.59 bits per heavy atom. The lowest BCUT2D eigenvalue weighted by atomic mass is 10.2. The number of amides is 1. The van der Waals surface area contributed by atoms with Gasteiger partial charge < -0.3 is 11.1 Å². The second kappa shape index (κ2) is 6.25. The summed E-state index contributed by atoms with van der Waals surface area (Å²) >= 11 is 0. The van der Waals surface area contributed by atoms with Crippen molar-refractivity contribution in [3.05, 3.63) is 24.3 Å². The van der Waals surface area contributed by atoms with E-state index in [1.54, 1.807) is 12.1 Å². The van der Waals surface area contributed by atoms with E-state index in [1.807, 2.05) is 32.9 Å². The third kappa shape index (κ3) is 3.75. The van der Waals surface area contributed by atoms with Crippen LogP contribution < -0.4 is 11.1 Å². The molecule has 1 amide bonds. The van der Waals surface area contributed by atoms with E-state index in [0.29, 0.717) is 5.69 Å². The Morgan fingerprint density at radius 1 is 1.41 bits per heavy atom. The van der Waals surface area contributed by atoms with Crippen LogP contribution in [-0.4, -0.2) is 29.9 Å². The van der Waals surface area contributed by atoms with Crippen LogP contribution in [0.3, 0.4) is 0 Å². The number of nitrogen functional groups attached to an aromatic ring is 1. The molecule has 0 aliphatic heterocycles. The number of rotatable bonds is 5. The summed E-state index contributed by atoms with van der Waals surface area (Å²) in [5.41, 5.74) is 7.06. The third-order valence-electron chi connectivity index (χ3n) is 2.89. The zero-order valence-corrected chi connectivity index (χ0v) is 10.7. The molecule has 0 fully saturated rings. The van der Waals surface area contributed by atoms with Gasteiger partial charge in [0.25, 0.3) is 0 Å². The molecule has 0 aromatic heterocycles. The fourth-order valence-corrected chi connectivity index (χ4v) is 1.80. The van der Waals surface area contributed by atoms with Crippen molar-refractivity contribution in [3.8, 4) is 0 Å². The van der Waals surface area contributed by atoms with Crippen LogP contribution in [0.15, 0.2) is 24.3 Å².